The molecule has 0 saturated carbocycles. The Morgan fingerprint density at radius 1 is 1.30 bits per heavy atom. The second-order valence-electron chi connectivity index (χ2n) is 7.09. The number of nitrogens with two attached hydrogens (primary N) is 1. The van der Waals surface area contributed by atoms with E-state index >= 15 is 0 Å². The maximum atomic E-state index is 11.9. The topological polar surface area (TPSA) is 154 Å². The van der Waals surface area contributed by atoms with Crippen LogP contribution in [0.2, 0.25) is 0 Å². The Labute approximate surface area is 172 Å². The van der Waals surface area contributed by atoms with Crippen LogP contribution >= 0.6 is 0 Å². The van der Waals surface area contributed by atoms with Gasteiger partial charge in [-0.1, -0.05) is 24.3 Å². The predicted molar refractivity (Wildman–Crippen MR) is 106 cm³/mol. The van der Waals surface area contributed by atoms with Crippen molar-refractivity contribution in [1.29, 1.82) is 0 Å². The fourth-order valence-electron chi connectivity index (χ4n) is 3.44. The van der Waals surface area contributed by atoms with Gasteiger partial charge in [0.25, 0.3) is 5.70 Å². The summed E-state index contributed by atoms with van der Waals surface area (Å²) in [5.41, 5.74) is 6.51. The van der Waals surface area contributed by atoms with Crippen molar-refractivity contribution in [3.63, 3.8) is 0 Å². The summed E-state index contributed by atoms with van der Waals surface area (Å²) >= 11 is 0. The summed E-state index contributed by atoms with van der Waals surface area (Å²) in [7, 11) is 0. The lowest BCUT2D eigenvalue weighted by atomic mass is 9.88. The molecule has 0 aromatic heterocycles. The molecule has 1 aliphatic heterocycles. The number of carbonyl (C=O) groups is 2. The lowest BCUT2D eigenvalue weighted by Gasteiger charge is -2.19. The van der Waals surface area contributed by atoms with Crippen molar-refractivity contribution in [2.45, 2.75) is 37.3 Å². The highest BCUT2D eigenvalue weighted by Crippen LogP contribution is 2.43. The summed E-state index contributed by atoms with van der Waals surface area (Å²) in [5.74, 6) is -0.550. The molecule has 1 aliphatic carbocycles. The lowest BCUT2D eigenvalue weighted by Crippen LogP contribution is -2.30. The first kappa shape index (κ1) is 21.3. The molecule has 160 valence electrons. The Morgan fingerprint density at radius 2 is 2.07 bits per heavy atom. The quantitative estimate of drug-likeness (QED) is 0.313. The minimum absolute atomic E-state index is 0.139. The summed E-state index contributed by atoms with van der Waals surface area (Å²) < 4.78 is 10.9. The number of nitrogens with zero attached hydrogens (tertiary/aromatic N) is 1. The van der Waals surface area contributed by atoms with Gasteiger partial charge in [0, 0.05) is 24.1 Å². The van der Waals surface area contributed by atoms with Crippen molar-refractivity contribution in [2.24, 2.45) is 5.73 Å². The monoisotopic (exact) mass is 417 g/mol. The number of nitrogens with one attached hydrogen (secondary N) is 1. The summed E-state index contributed by atoms with van der Waals surface area (Å²) in [4.78, 5) is 33.5. The summed E-state index contributed by atoms with van der Waals surface area (Å²) in [6.07, 6.45) is 3.39. The molecule has 30 heavy (non-hydrogen) atoms. The molecule has 1 aromatic rings. The van der Waals surface area contributed by atoms with Gasteiger partial charge in [-0.05, 0) is 25.3 Å². The van der Waals surface area contributed by atoms with Gasteiger partial charge in [0.15, 0.2) is 0 Å². The summed E-state index contributed by atoms with van der Waals surface area (Å²) in [6.45, 7) is 0.0436. The van der Waals surface area contributed by atoms with E-state index in [1.54, 1.807) is 6.08 Å². The van der Waals surface area contributed by atoms with Crippen LogP contribution in [0.5, 0.6) is 5.75 Å². The maximum Gasteiger partial charge on any atom is 0.407 e. The van der Waals surface area contributed by atoms with Crippen molar-refractivity contribution in [3.8, 4) is 5.75 Å². The molecule has 2 aliphatic rings. The van der Waals surface area contributed by atoms with Gasteiger partial charge in [0.2, 0.25) is 0 Å². The predicted octanol–water partition coefficient (Wildman–Crippen LogP) is 1.94. The van der Waals surface area contributed by atoms with E-state index in [1.165, 1.54) is 6.08 Å². The number of carbonyl (C=O) groups excluding carboxylic acids is 1. The van der Waals surface area contributed by atoms with Crippen molar-refractivity contribution >= 4 is 12.1 Å². The number of ether oxygens (including phenoxy) is 2. The molecular formula is C20H23N3O7. The van der Waals surface area contributed by atoms with E-state index in [2.05, 4.69) is 5.32 Å². The van der Waals surface area contributed by atoms with E-state index in [4.69, 9.17) is 20.3 Å². The SMILES string of the molecule is N[C@@H](CCCCNC(=O)OCC1=CC2c3ccccc3OC2C=C1[N+](=O)[O-])C(=O)O. The zero-order valence-electron chi connectivity index (χ0n) is 16.2. The van der Waals surface area contributed by atoms with Crippen LogP contribution in [0.15, 0.2) is 47.7 Å². The van der Waals surface area contributed by atoms with Gasteiger partial charge < -0.3 is 25.6 Å². The number of hydrogen-bond acceptors (Lipinski definition) is 7. The molecule has 0 radical (unpaired) electrons. The zero-order valence-corrected chi connectivity index (χ0v) is 16.2. The van der Waals surface area contributed by atoms with Crippen molar-refractivity contribution in [2.75, 3.05) is 13.2 Å². The number of hydrogen-bond donors (Lipinski definition) is 3. The fourth-order valence-corrected chi connectivity index (χ4v) is 3.44. The largest absolute Gasteiger partial charge is 0.485 e. The van der Waals surface area contributed by atoms with Crippen molar-refractivity contribution < 1.29 is 29.1 Å². The first-order valence-corrected chi connectivity index (χ1v) is 9.58. The van der Waals surface area contributed by atoms with Crippen molar-refractivity contribution in [1.82, 2.24) is 5.32 Å². The fraction of sp³-hybridized carbons (Fsp3) is 0.400. The number of fused-ring (bicyclic) bond motifs is 3. The lowest BCUT2D eigenvalue weighted by molar-refractivity contribution is -0.422. The van der Waals surface area contributed by atoms with Crippen LogP contribution in [-0.2, 0) is 9.53 Å². The van der Waals surface area contributed by atoms with Gasteiger partial charge in [0.1, 0.15) is 24.5 Å². The average Bonchev–Trinajstić information content (AvgIpc) is 3.08. The van der Waals surface area contributed by atoms with E-state index in [-0.39, 0.29) is 24.8 Å². The smallest absolute Gasteiger partial charge is 0.407 e. The van der Waals surface area contributed by atoms with Crippen LogP contribution in [0.1, 0.15) is 30.7 Å². The number of amides is 1. The van der Waals surface area contributed by atoms with E-state index in [1.807, 2.05) is 24.3 Å². The first-order valence-electron chi connectivity index (χ1n) is 9.58. The van der Waals surface area contributed by atoms with Crippen LogP contribution in [0, 0.1) is 10.1 Å². The molecule has 1 aromatic carbocycles. The van der Waals surface area contributed by atoms with Crippen LogP contribution in [0.4, 0.5) is 4.79 Å². The number of nitro groups is 1. The number of carboxylic acid groups (broad SMARTS) is 1. The Kier molecular flexibility index (Phi) is 6.68. The van der Waals surface area contributed by atoms with Gasteiger partial charge >= 0.3 is 12.1 Å². The van der Waals surface area contributed by atoms with Gasteiger partial charge in [-0.3, -0.25) is 14.9 Å². The van der Waals surface area contributed by atoms with Crippen LogP contribution in [0.3, 0.4) is 0 Å². The third-order valence-corrected chi connectivity index (χ3v) is 5.01. The second kappa shape index (κ2) is 9.40. The highest BCUT2D eigenvalue weighted by atomic mass is 16.6. The Morgan fingerprint density at radius 3 is 2.80 bits per heavy atom. The molecule has 0 saturated heterocycles. The zero-order chi connectivity index (χ0) is 21.7. The van der Waals surface area contributed by atoms with Gasteiger partial charge in [-0.15, -0.1) is 0 Å². The molecule has 10 heteroatoms. The minimum atomic E-state index is -1.06. The minimum Gasteiger partial charge on any atom is -0.485 e. The molecule has 0 fully saturated rings. The van der Waals surface area contributed by atoms with E-state index in [9.17, 15) is 19.7 Å². The van der Waals surface area contributed by atoms with Crippen LogP contribution in [0.25, 0.3) is 0 Å². The summed E-state index contributed by atoms with van der Waals surface area (Å²) in [5, 5.41) is 22.7. The standard InChI is InChI=1S/C20H23N3O7/c21-15(19(24)25)6-3-4-8-22-20(26)29-11-12-9-14-13-5-1-2-7-17(13)30-18(14)10-16(12)23(27)28/h1-2,5,7,9-10,14-15,18H,3-4,6,8,11,21H2,(H,22,26)(H,24,25)/t14?,15-,18?/m0/s1. The molecule has 3 atom stereocenters. The molecule has 1 amide bonds. The molecule has 0 bridgehead atoms. The third-order valence-electron chi connectivity index (χ3n) is 5.01. The molecule has 3 rings (SSSR count). The number of carboxylic acids is 1. The molecule has 0 spiro atoms. The van der Waals surface area contributed by atoms with E-state index in [0.29, 0.717) is 30.6 Å². The molecule has 4 N–H and O–H groups in total. The number of aliphatic carboxylic acids is 1. The van der Waals surface area contributed by atoms with Gasteiger partial charge in [-0.25, -0.2) is 4.79 Å². The van der Waals surface area contributed by atoms with Crippen LogP contribution in [-0.4, -0.2) is 47.4 Å². The maximum absolute atomic E-state index is 11.9. The second-order valence-corrected chi connectivity index (χ2v) is 7.09. The number of benzene rings is 1. The molecule has 1 heterocycles. The highest BCUT2D eigenvalue weighted by Gasteiger charge is 2.38. The number of rotatable bonds is 9. The molecule has 10 nitrogen and oxygen atoms in total. The van der Waals surface area contributed by atoms with Crippen molar-refractivity contribution in [3.05, 3.63) is 63.4 Å². The van der Waals surface area contributed by atoms with Gasteiger partial charge in [0.05, 0.1) is 10.5 Å². The number of para-hydroxylation sites is 1. The first-order chi connectivity index (χ1) is 14.4. The number of alkyl carbamates (subject to hydrolysis) is 1. The molecular weight excluding hydrogens is 394 g/mol. The Bertz CT molecular complexity index is 896. The van der Waals surface area contributed by atoms with Crippen LogP contribution < -0.4 is 15.8 Å². The highest BCUT2D eigenvalue weighted by molar-refractivity contribution is 5.72. The summed E-state index contributed by atoms with van der Waals surface area (Å²) in [6, 6.07) is 6.51. The Balaban J connectivity index is 1.52. The third kappa shape index (κ3) is 4.95. The molecule has 2 unspecified atom stereocenters. The number of unbranched alkanes of at least 4 members (excludes halogenated alkanes) is 1. The normalized spacial score (nSPS) is 20.0. The Hall–Kier alpha value is -3.40. The van der Waals surface area contributed by atoms with E-state index in [0.717, 1.165) is 5.56 Å². The average molecular weight is 417 g/mol. The van der Waals surface area contributed by atoms with Gasteiger partial charge in [-0.2, -0.15) is 0 Å². The van der Waals surface area contributed by atoms with E-state index < -0.39 is 29.1 Å².